The van der Waals surface area contributed by atoms with E-state index in [0.717, 1.165) is 73.8 Å². The average Bonchev–Trinajstić information content (AvgIpc) is 3.43. The Hall–Kier alpha value is -2.23. The Kier molecular flexibility index (Phi) is 5.94. The van der Waals surface area contributed by atoms with Crippen molar-refractivity contribution in [3.05, 3.63) is 22.8 Å². The van der Waals surface area contributed by atoms with Gasteiger partial charge in [-0.1, -0.05) is 0 Å². The van der Waals surface area contributed by atoms with Crippen molar-refractivity contribution in [1.29, 1.82) is 0 Å². The van der Waals surface area contributed by atoms with Crippen molar-refractivity contribution >= 4 is 33.2 Å². The Bertz CT molecular complexity index is 1110. The number of hydrogen-bond acceptors (Lipinski definition) is 8. The standard InChI is InChI=1S/C24H32N6O2S/c1-29-15-16(14-25-29)26-24-27-22(21-19-4-2-3-5-20(19)33-23(21)28-24)32-18-8-6-17(7-9-18)30-10-12-31-13-11-30/h14-15,17-18H,2-13H2,1H3,(H,26,27,28)/t17-,18-. The molecule has 0 spiro atoms. The number of rotatable bonds is 5. The van der Waals surface area contributed by atoms with Crippen LogP contribution in [0.1, 0.15) is 49.0 Å². The number of thiophene rings is 1. The van der Waals surface area contributed by atoms with Crippen LogP contribution in [0, 0.1) is 0 Å². The van der Waals surface area contributed by atoms with Gasteiger partial charge in [-0.3, -0.25) is 9.58 Å². The van der Waals surface area contributed by atoms with Crippen molar-refractivity contribution in [2.75, 3.05) is 31.6 Å². The first kappa shape index (κ1) is 21.3. The number of anilines is 2. The molecule has 4 heterocycles. The normalized spacial score (nSPS) is 24.0. The lowest BCUT2D eigenvalue weighted by Crippen LogP contribution is -2.46. The maximum atomic E-state index is 6.66. The molecule has 3 aromatic heterocycles. The molecule has 0 unspecified atom stereocenters. The number of aromatic nitrogens is 4. The van der Waals surface area contributed by atoms with Crippen LogP contribution in [0.4, 0.5) is 11.6 Å². The molecule has 1 aliphatic heterocycles. The van der Waals surface area contributed by atoms with Gasteiger partial charge >= 0.3 is 0 Å². The lowest BCUT2D eigenvalue weighted by atomic mass is 9.91. The van der Waals surface area contributed by atoms with Gasteiger partial charge in [-0.15, -0.1) is 11.3 Å². The zero-order chi connectivity index (χ0) is 22.2. The van der Waals surface area contributed by atoms with Crippen LogP contribution in [0.5, 0.6) is 5.88 Å². The largest absolute Gasteiger partial charge is 0.474 e. The van der Waals surface area contributed by atoms with Crippen molar-refractivity contribution in [2.45, 2.75) is 63.5 Å². The van der Waals surface area contributed by atoms with E-state index in [1.807, 2.05) is 24.6 Å². The third-order valence-corrected chi connectivity index (χ3v) is 8.41. The van der Waals surface area contributed by atoms with Crippen LogP contribution >= 0.6 is 11.3 Å². The molecule has 0 aromatic carbocycles. The number of aryl methyl sites for hydroxylation is 3. The number of nitrogens with zero attached hydrogens (tertiary/aromatic N) is 5. The van der Waals surface area contributed by atoms with E-state index in [4.69, 9.17) is 19.4 Å². The molecular formula is C24H32N6O2S. The molecule has 1 saturated carbocycles. The second-order valence-corrected chi connectivity index (χ2v) is 10.6. The van der Waals surface area contributed by atoms with Crippen molar-refractivity contribution < 1.29 is 9.47 Å². The third kappa shape index (κ3) is 4.46. The first-order valence-electron chi connectivity index (χ1n) is 12.3. The third-order valence-electron chi connectivity index (χ3n) is 7.23. The molecule has 33 heavy (non-hydrogen) atoms. The van der Waals surface area contributed by atoms with Gasteiger partial charge in [-0.2, -0.15) is 10.1 Å². The molecule has 2 fully saturated rings. The molecule has 1 N–H and O–H groups in total. The highest BCUT2D eigenvalue weighted by Crippen LogP contribution is 2.41. The summed E-state index contributed by atoms with van der Waals surface area (Å²) in [7, 11) is 1.91. The number of morpholine rings is 1. The molecule has 0 atom stereocenters. The van der Waals surface area contributed by atoms with Crippen LogP contribution < -0.4 is 10.1 Å². The molecule has 0 amide bonds. The maximum absolute atomic E-state index is 6.66. The van der Waals surface area contributed by atoms with E-state index in [1.54, 1.807) is 10.9 Å². The Morgan fingerprint density at radius 1 is 1.09 bits per heavy atom. The van der Waals surface area contributed by atoms with Gasteiger partial charge in [0, 0.05) is 37.3 Å². The number of fused-ring (bicyclic) bond motifs is 3. The van der Waals surface area contributed by atoms with Crippen molar-refractivity contribution in [2.24, 2.45) is 7.05 Å². The maximum Gasteiger partial charge on any atom is 0.232 e. The highest BCUT2D eigenvalue weighted by molar-refractivity contribution is 7.18. The SMILES string of the molecule is Cn1cc(Nc2nc(O[C@H]3CC[C@H](N4CCOCC4)CC3)c3c4c(sc3n2)CCCC4)cn1. The summed E-state index contributed by atoms with van der Waals surface area (Å²) in [6.45, 7) is 3.86. The van der Waals surface area contributed by atoms with E-state index in [-0.39, 0.29) is 6.10 Å². The monoisotopic (exact) mass is 468 g/mol. The number of nitrogens with one attached hydrogen (secondary N) is 1. The molecular weight excluding hydrogens is 436 g/mol. The molecule has 0 bridgehead atoms. The zero-order valence-electron chi connectivity index (χ0n) is 19.3. The summed E-state index contributed by atoms with van der Waals surface area (Å²) < 4.78 is 14.0. The van der Waals surface area contributed by atoms with E-state index in [2.05, 4.69) is 15.3 Å². The molecule has 176 valence electrons. The summed E-state index contributed by atoms with van der Waals surface area (Å²) >= 11 is 1.81. The van der Waals surface area contributed by atoms with Gasteiger partial charge < -0.3 is 14.8 Å². The van der Waals surface area contributed by atoms with Crippen LogP contribution in [-0.2, 0) is 24.6 Å². The van der Waals surface area contributed by atoms with Crippen LogP contribution in [0.25, 0.3) is 10.2 Å². The van der Waals surface area contributed by atoms with Crippen molar-refractivity contribution in [3.63, 3.8) is 0 Å². The topological polar surface area (TPSA) is 77.3 Å². The lowest BCUT2D eigenvalue weighted by molar-refractivity contribution is -0.00125. The fourth-order valence-corrected chi connectivity index (χ4v) is 6.76. The minimum Gasteiger partial charge on any atom is -0.474 e. The smallest absolute Gasteiger partial charge is 0.232 e. The summed E-state index contributed by atoms with van der Waals surface area (Å²) in [4.78, 5) is 14.9. The van der Waals surface area contributed by atoms with Gasteiger partial charge in [0.05, 0.1) is 30.5 Å². The average molecular weight is 469 g/mol. The first-order valence-corrected chi connectivity index (χ1v) is 13.1. The van der Waals surface area contributed by atoms with Gasteiger partial charge in [0.15, 0.2) is 0 Å². The lowest BCUT2D eigenvalue weighted by Gasteiger charge is -2.38. The Balaban J connectivity index is 1.25. The number of hydrogen-bond donors (Lipinski definition) is 1. The number of ether oxygens (including phenoxy) is 2. The van der Waals surface area contributed by atoms with E-state index in [0.29, 0.717) is 12.0 Å². The molecule has 0 radical (unpaired) electrons. The van der Waals surface area contributed by atoms with E-state index >= 15 is 0 Å². The predicted molar refractivity (Wildman–Crippen MR) is 130 cm³/mol. The van der Waals surface area contributed by atoms with Crippen molar-refractivity contribution in [3.8, 4) is 5.88 Å². The predicted octanol–water partition coefficient (Wildman–Crippen LogP) is 4.07. The fraction of sp³-hybridized carbons (Fsp3) is 0.625. The molecule has 6 rings (SSSR count). The minimum atomic E-state index is 0.214. The molecule has 8 nitrogen and oxygen atoms in total. The van der Waals surface area contributed by atoms with Crippen LogP contribution in [-0.4, -0.2) is 63.1 Å². The second kappa shape index (κ2) is 9.19. The molecule has 1 saturated heterocycles. The highest BCUT2D eigenvalue weighted by atomic mass is 32.1. The fourth-order valence-electron chi connectivity index (χ4n) is 5.51. The van der Waals surface area contributed by atoms with Crippen LogP contribution in [0.3, 0.4) is 0 Å². The quantitative estimate of drug-likeness (QED) is 0.605. The zero-order valence-corrected chi connectivity index (χ0v) is 20.1. The van der Waals surface area contributed by atoms with Crippen LogP contribution in [0.15, 0.2) is 12.4 Å². The highest BCUT2D eigenvalue weighted by Gasteiger charge is 2.29. The second-order valence-electron chi connectivity index (χ2n) is 9.47. The molecule has 2 aliphatic carbocycles. The Morgan fingerprint density at radius 3 is 2.70 bits per heavy atom. The summed E-state index contributed by atoms with van der Waals surface area (Å²) in [5.41, 5.74) is 2.31. The summed E-state index contributed by atoms with van der Waals surface area (Å²) in [5.74, 6) is 1.35. The van der Waals surface area contributed by atoms with Crippen LogP contribution in [0.2, 0.25) is 0 Å². The van der Waals surface area contributed by atoms with Gasteiger partial charge in [0.1, 0.15) is 10.9 Å². The Labute approximate surface area is 198 Å². The van der Waals surface area contributed by atoms with Gasteiger partial charge in [0.2, 0.25) is 11.8 Å². The van der Waals surface area contributed by atoms with Gasteiger partial charge in [0.25, 0.3) is 0 Å². The molecule has 3 aromatic rings. The van der Waals surface area contributed by atoms with E-state index in [9.17, 15) is 0 Å². The van der Waals surface area contributed by atoms with E-state index in [1.165, 1.54) is 36.1 Å². The summed E-state index contributed by atoms with van der Waals surface area (Å²) in [5, 5.41) is 8.73. The van der Waals surface area contributed by atoms with Gasteiger partial charge in [-0.05, 0) is 56.9 Å². The molecule has 3 aliphatic rings. The first-order chi connectivity index (χ1) is 16.2. The summed E-state index contributed by atoms with van der Waals surface area (Å²) in [6, 6.07) is 0.663. The summed E-state index contributed by atoms with van der Waals surface area (Å²) in [6.07, 6.45) is 13.2. The Morgan fingerprint density at radius 2 is 1.91 bits per heavy atom. The minimum absolute atomic E-state index is 0.214. The molecule has 9 heteroatoms. The van der Waals surface area contributed by atoms with E-state index < -0.39 is 0 Å². The van der Waals surface area contributed by atoms with Crippen molar-refractivity contribution in [1.82, 2.24) is 24.6 Å². The van der Waals surface area contributed by atoms with Gasteiger partial charge in [-0.25, -0.2) is 4.98 Å².